The molecule has 0 bridgehead atoms. The molecule has 0 aliphatic heterocycles. The van der Waals surface area contributed by atoms with Crippen LogP contribution in [0, 0.1) is 5.41 Å². The molecule has 0 saturated heterocycles. The minimum absolute atomic E-state index is 0.351. The molecule has 0 saturated carbocycles. The van der Waals surface area contributed by atoms with E-state index in [1.165, 1.54) is 32.1 Å². The molecule has 0 spiro atoms. The van der Waals surface area contributed by atoms with E-state index < -0.39 is 5.97 Å². The zero-order valence-electron chi connectivity index (χ0n) is 13.5. The van der Waals surface area contributed by atoms with Gasteiger partial charge in [0.05, 0.1) is 5.41 Å². The predicted octanol–water partition coefficient (Wildman–Crippen LogP) is 4.52. The monoisotopic (exact) mass is 272 g/mol. The molecule has 0 N–H and O–H groups in total. The Hall–Kier alpha value is -0.380. The van der Waals surface area contributed by atoms with Crippen molar-refractivity contribution in [2.24, 2.45) is 5.41 Å². The van der Waals surface area contributed by atoms with Crippen molar-refractivity contribution >= 4 is 0 Å². The molecule has 114 valence electrons. The van der Waals surface area contributed by atoms with Gasteiger partial charge in [0.25, 0.3) is 5.97 Å². The van der Waals surface area contributed by atoms with E-state index in [4.69, 9.17) is 14.2 Å². The van der Waals surface area contributed by atoms with Gasteiger partial charge in [0, 0.05) is 21.3 Å². The predicted molar refractivity (Wildman–Crippen MR) is 80.1 cm³/mol. The first kappa shape index (κ1) is 18.6. The van der Waals surface area contributed by atoms with E-state index in [0.717, 1.165) is 12.8 Å². The van der Waals surface area contributed by atoms with E-state index in [9.17, 15) is 0 Å². The van der Waals surface area contributed by atoms with Gasteiger partial charge in [-0.1, -0.05) is 51.5 Å². The first-order valence-electron chi connectivity index (χ1n) is 7.34. The number of hydrogen-bond donors (Lipinski definition) is 0. The van der Waals surface area contributed by atoms with Gasteiger partial charge in [-0.05, 0) is 13.3 Å². The quantitative estimate of drug-likeness (QED) is 0.297. The lowest BCUT2D eigenvalue weighted by Crippen LogP contribution is -2.50. The van der Waals surface area contributed by atoms with Crippen molar-refractivity contribution in [3.05, 3.63) is 12.7 Å². The highest BCUT2D eigenvalue weighted by Crippen LogP contribution is 2.41. The van der Waals surface area contributed by atoms with Crippen LogP contribution in [0.4, 0.5) is 0 Å². The zero-order valence-corrected chi connectivity index (χ0v) is 13.5. The van der Waals surface area contributed by atoms with Crippen LogP contribution in [-0.4, -0.2) is 27.3 Å². The number of methoxy groups -OCH3 is 3. The standard InChI is InChI=1S/C16H32O3/c1-7-9-10-11-12-13-14-15(3,8-2)16(17-4,18-5)19-6/h8H,2,7,9-14H2,1,3-6H3. The normalized spacial score (nSPS) is 15.2. The summed E-state index contributed by atoms with van der Waals surface area (Å²) in [6.07, 6.45) is 10.4. The fourth-order valence-electron chi connectivity index (χ4n) is 2.60. The second-order valence-corrected chi connectivity index (χ2v) is 5.31. The van der Waals surface area contributed by atoms with Crippen LogP contribution in [0.3, 0.4) is 0 Å². The summed E-state index contributed by atoms with van der Waals surface area (Å²) in [4.78, 5) is 0. The van der Waals surface area contributed by atoms with Gasteiger partial charge in [-0.2, -0.15) is 0 Å². The average Bonchev–Trinajstić information content (AvgIpc) is 2.45. The fraction of sp³-hybridized carbons (Fsp3) is 0.875. The van der Waals surface area contributed by atoms with Crippen molar-refractivity contribution < 1.29 is 14.2 Å². The third-order valence-corrected chi connectivity index (χ3v) is 4.01. The van der Waals surface area contributed by atoms with Crippen molar-refractivity contribution in [1.29, 1.82) is 0 Å². The van der Waals surface area contributed by atoms with Gasteiger partial charge in [-0.15, -0.1) is 6.58 Å². The molecule has 1 unspecified atom stereocenters. The Morgan fingerprint density at radius 2 is 1.37 bits per heavy atom. The largest absolute Gasteiger partial charge is 0.330 e. The summed E-state index contributed by atoms with van der Waals surface area (Å²) in [6, 6.07) is 0. The Bertz CT molecular complexity index is 228. The van der Waals surface area contributed by atoms with Crippen molar-refractivity contribution in [1.82, 2.24) is 0 Å². The summed E-state index contributed by atoms with van der Waals surface area (Å²) >= 11 is 0. The lowest BCUT2D eigenvalue weighted by atomic mass is 9.81. The highest BCUT2D eigenvalue weighted by atomic mass is 16.9. The molecule has 0 amide bonds. The van der Waals surface area contributed by atoms with E-state index in [1.807, 2.05) is 6.08 Å². The molecule has 0 radical (unpaired) electrons. The Morgan fingerprint density at radius 3 is 1.79 bits per heavy atom. The fourth-order valence-corrected chi connectivity index (χ4v) is 2.60. The molecule has 0 aliphatic carbocycles. The molecule has 3 nitrogen and oxygen atoms in total. The Balaban J connectivity index is 4.39. The molecule has 0 aromatic carbocycles. The first-order valence-corrected chi connectivity index (χ1v) is 7.34. The SMILES string of the molecule is C=CC(C)(CCCCCCCC)C(OC)(OC)OC. The molecule has 0 fully saturated rings. The van der Waals surface area contributed by atoms with E-state index in [2.05, 4.69) is 20.4 Å². The lowest BCUT2D eigenvalue weighted by molar-refractivity contribution is -0.395. The molecule has 0 aromatic rings. The van der Waals surface area contributed by atoms with Crippen LogP contribution in [0.1, 0.15) is 58.8 Å². The van der Waals surface area contributed by atoms with Gasteiger partial charge in [0.15, 0.2) is 0 Å². The Morgan fingerprint density at radius 1 is 0.895 bits per heavy atom. The molecule has 0 heterocycles. The van der Waals surface area contributed by atoms with Gasteiger partial charge >= 0.3 is 0 Å². The summed E-state index contributed by atoms with van der Waals surface area (Å²) in [5.41, 5.74) is -0.351. The summed E-state index contributed by atoms with van der Waals surface area (Å²) in [5, 5.41) is 0. The van der Waals surface area contributed by atoms with E-state index >= 15 is 0 Å². The van der Waals surface area contributed by atoms with Crippen molar-refractivity contribution in [2.45, 2.75) is 64.8 Å². The van der Waals surface area contributed by atoms with Crippen LogP contribution in [0.2, 0.25) is 0 Å². The average molecular weight is 272 g/mol. The molecule has 3 heteroatoms. The second kappa shape index (κ2) is 9.51. The topological polar surface area (TPSA) is 27.7 Å². The van der Waals surface area contributed by atoms with Crippen LogP contribution in [0.15, 0.2) is 12.7 Å². The van der Waals surface area contributed by atoms with Crippen molar-refractivity contribution in [2.75, 3.05) is 21.3 Å². The Labute approximate surface area is 119 Å². The maximum absolute atomic E-state index is 5.47. The van der Waals surface area contributed by atoms with Crippen molar-refractivity contribution in [3.8, 4) is 0 Å². The first-order chi connectivity index (χ1) is 9.05. The maximum Gasteiger partial charge on any atom is 0.291 e. The molecular formula is C16H32O3. The maximum atomic E-state index is 5.47. The van der Waals surface area contributed by atoms with Crippen molar-refractivity contribution in [3.63, 3.8) is 0 Å². The summed E-state index contributed by atoms with van der Waals surface area (Å²) in [5.74, 6) is -1.04. The third kappa shape index (κ3) is 4.90. The lowest BCUT2D eigenvalue weighted by Gasteiger charge is -2.42. The minimum atomic E-state index is -1.04. The van der Waals surface area contributed by atoms with Gasteiger partial charge in [-0.3, -0.25) is 0 Å². The molecule has 1 atom stereocenters. The van der Waals surface area contributed by atoms with Gasteiger partial charge in [0.2, 0.25) is 0 Å². The van der Waals surface area contributed by atoms with E-state index in [0.29, 0.717) is 0 Å². The summed E-state index contributed by atoms with van der Waals surface area (Å²) < 4.78 is 16.4. The minimum Gasteiger partial charge on any atom is -0.330 e. The molecule has 19 heavy (non-hydrogen) atoms. The van der Waals surface area contributed by atoms with Crippen LogP contribution in [0.25, 0.3) is 0 Å². The third-order valence-electron chi connectivity index (χ3n) is 4.01. The molecule has 0 rings (SSSR count). The Kier molecular flexibility index (Phi) is 9.32. The second-order valence-electron chi connectivity index (χ2n) is 5.31. The summed E-state index contributed by atoms with van der Waals surface area (Å²) in [6.45, 7) is 8.24. The summed E-state index contributed by atoms with van der Waals surface area (Å²) in [7, 11) is 4.82. The van der Waals surface area contributed by atoms with Gasteiger partial charge < -0.3 is 14.2 Å². The van der Waals surface area contributed by atoms with Gasteiger partial charge in [-0.25, -0.2) is 0 Å². The van der Waals surface area contributed by atoms with Gasteiger partial charge in [0.1, 0.15) is 0 Å². The number of hydrogen-bond acceptors (Lipinski definition) is 3. The number of ether oxygens (including phenoxy) is 3. The van der Waals surface area contributed by atoms with Crippen LogP contribution >= 0.6 is 0 Å². The smallest absolute Gasteiger partial charge is 0.291 e. The van der Waals surface area contributed by atoms with E-state index in [1.54, 1.807) is 21.3 Å². The van der Waals surface area contributed by atoms with Crippen LogP contribution in [-0.2, 0) is 14.2 Å². The highest BCUT2D eigenvalue weighted by Gasteiger charge is 2.48. The molecular weight excluding hydrogens is 240 g/mol. The van der Waals surface area contributed by atoms with E-state index in [-0.39, 0.29) is 5.41 Å². The molecule has 0 aromatic heterocycles. The van der Waals surface area contributed by atoms with Crippen LogP contribution in [0.5, 0.6) is 0 Å². The number of unbranched alkanes of at least 4 members (excludes halogenated alkanes) is 5. The van der Waals surface area contributed by atoms with Crippen LogP contribution < -0.4 is 0 Å². The zero-order chi connectivity index (χ0) is 14.8. The highest BCUT2D eigenvalue weighted by molar-refractivity contribution is 4.98. The number of rotatable bonds is 12. The molecule has 0 aliphatic rings.